The lowest BCUT2D eigenvalue weighted by atomic mass is 10.4. The third kappa shape index (κ3) is 3.32. The van der Waals surface area contributed by atoms with Crippen LogP contribution in [0.5, 0.6) is 0 Å². The zero-order chi connectivity index (χ0) is 10.6. The minimum Gasteiger partial charge on any atom is -0.293 e. The Balaban J connectivity index is 2.60. The lowest BCUT2D eigenvalue weighted by Crippen LogP contribution is -2.36. The monoisotopic (exact) mass is 274 g/mol. The van der Waals surface area contributed by atoms with Gasteiger partial charge in [0.1, 0.15) is 0 Å². The largest absolute Gasteiger partial charge is 0.293 e. The SMILES string of the molecule is CC(Sc1ccc(Br)cc1)C(=O)NN. The number of benzene rings is 1. The van der Waals surface area contributed by atoms with Crippen LogP contribution in [0.2, 0.25) is 0 Å². The Labute approximate surface area is 95.5 Å². The highest BCUT2D eigenvalue weighted by atomic mass is 79.9. The first-order valence-corrected chi connectivity index (χ1v) is 5.73. The molecule has 0 bridgehead atoms. The maximum absolute atomic E-state index is 11.1. The number of carbonyl (C=O) groups is 1. The summed E-state index contributed by atoms with van der Waals surface area (Å²) < 4.78 is 1.03. The summed E-state index contributed by atoms with van der Waals surface area (Å²) in [7, 11) is 0. The number of rotatable bonds is 3. The minimum absolute atomic E-state index is 0.169. The maximum Gasteiger partial charge on any atom is 0.247 e. The van der Waals surface area contributed by atoms with Crippen molar-refractivity contribution in [3.8, 4) is 0 Å². The van der Waals surface area contributed by atoms with Crippen molar-refractivity contribution < 1.29 is 4.79 Å². The van der Waals surface area contributed by atoms with E-state index in [0.29, 0.717) is 0 Å². The predicted molar refractivity (Wildman–Crippen MR) is 61.8 cm³/mol. The van der Waals surface area contributed by atoms with Crippen LogP contribution in [0, 0.1) is 0 Å². The molecular formula is C9H11BrN2OS. The van der Waals surface area contributed by atoms with Gasteiger partial charge in [0, 0.05) is 9.37 Å². The first kappa shape index (κ1) is 11.6. The average Bonchev–Trinajstić information content (AvgIpc) is 2.20. The lowest BCUT2D eigenvalue weighted by molar-refractivity contribution is -0.120. The molecule has 5 heteroatoms. The Kier molecular flexibility index (Phi) is 4.44. The number of nitrogens with two attached hydrogens (primary N) is 1. The van der Waals surface area contributed by atoms with E-state index in [2.05, 4.69) is 21.4 Å². The molecule has 0 saturated carbocycles. The molecule has 0 spiro atoms. The van der Waals surface area contributed by atoms with E-state index in [1.807, 2.05) is 31.2 Å². The molecule has 0 aliphatic rings. The molecule has 0 heterocycles. The normalized spacial score (nSPS) is 12.2. The van der Waals surface area contributed by atoms with E-state index >= 15 is 0 Å². The molecule has 1 aromatic carbocycles. The van der Waals surface area contributed by atoms with E-state index < -0.39 is 0 Å². The van der Waals surface area contributed by atoms with Gasteiger partial charge in [0.25, 0.3) is 0 Å². The molecule has 0 fully saturated rings. The first-order chi connectivity index (χ1) is 6.63. The van der Waals surface area contributed by atoms with E-state index in [1.165, 1.54) is 11.8 Å². The lowest BCUT2D eigenvalue weighted by Gasteiger charge is -2.08. The molecule has 0 aliphatic carbocycles. The second-order valence-corrected chi connectivity index (χ2v) is 5.05. The van der Waals surface area contributed by atoms with Crippen molar-refractivity contribution in [2.24, 2.45) is 5.84 Å². The van der Waals surface area contributed by atoms with Gasteiger partial charge in [-0.2, -0.15) is 0 Å². The van der Waals surface area contributed by atoms with E-state index in [1.54, 1.807) is 0 Å². The van der Waals surface area contributed by atoms with Crippen LogP contribution in [0.4, 0.5) is 0 Å². The Bertz CT molecular complexity index is 315. The number of hydrazine groups is 1. The van der Waals surface area contributed by atoms with Gasteiger partial charge in [-0.25, -0.2) is 5.84 Å². The number of amides is 1. The summed E-state index contributed by atoms with van der Waals surface area (Å²) in [6.45, 7) is 1.81. The molecule has 1 amide bonds. The molecule has 0 radical (unpaired) electrons. The highest BCUT2D eigenvalue weighted by molar-refractivity contribution is 9.10. The molecule has 3 N–H and O–H groups in total. The molecule has 1 aromatic rings. The number of carbonyl (C=O) groups excluding carboxylic acids is 1. The Morgan fingerprint density at radius 3 is 2.57 bits per heavy atom. The van der Waals surface area contributed by atoms with Crippen LogP contribution in [-0.4, -0.2) is 11.2 Å². The summed E-state index contributed by atoms with van der Waals surface area (Å²) >= 11 is 4.82. The third-order valence-corrected chi connectivity index (χ3v) is 3.28. The Morgan fingerprint density at radius 1 is 1.50 bits per heavy atom. The second kappa shape index (κ2) is 5.38. The van der Waals surface area contributed by atoms with Gasteiger partial charge in [0.2, 0.25) is 5.91 Å². The van der Waals surface area contributed by atoms with E-state index in [9.17, 15) is 4.79 Å². The minimum atomic E-state index is -0.179. The molecule has 3 nitrogen and oxygen atoms in total. The fraction of sp³-hybridized carbons (Fsp3) is 0.222. The van der Waals surface area contributed by atoms with Crippen LogP contribution in [-0.2, 0) is 4.79 Å². The molecule has 0 aliphatic heterocycles. The van der Waals surface area contributed by atoms with Gasteiger partial charge in [0.05, 0.1) is 5.25 Å². The van der Waals surface area contributed by atoms with E-state index in [4.69, 9.17) is 5.84 Å². The van der Waals surface area contributed by atoms with Crippen LogP contribution in [0.25, 0.3) is 0 Å². The summed E-state index contributed by atoms with van der Waals surface area (Å²) in [6.07, 6.45) is 0. The van der Waals surface area contributed by atoms with Crippen molar-refractivity contribution in [1.29, 1.82) is 0 Å². The van der Waals surface area contributed by atoms with Crippen molar-refractivity contribution in [3.05, 3.63) is 28.7 Å². The molecule has 1 rings (SSSR count). The molecule has 76 valence electrons. The topological polar surface area (TPSA) is 55.1 Å². The molecule has 1 unspecified atom stereocenters. The van der Waals surface area contributed by atoms with Gasteiger partial charge >= 0.3 is 0 Å². The molecule has 14 heavy (non-hydrogen) atoms. The molecule has 1 atom stereocenters. The summed E-state index contributed by atoms with van der Waals surface area (Å²) in [5.41, 5.74) is 2.13. The summed E-state index contributed by atoms with van der Waals surface area (Å²) in [4.78, 5) is 12.2. The summed E-state index contributed by atoms with van der Waals surface area (Å²) in [6, 6.07) is 7.79. The highest BCUT2D eigenvalue weighted by Gasteiger charge is 2.12. The standard InChI is InChI=1S/C9H11BrN2OS/c1-6(9(13)12-11)14-8-4-2-7(10)3-5-8/h2-6H,11H2,1H3,(H,12,13). The van der Waals surface area contributed by atoms with Crippen LogP contribution >= 0.6 is 27.7 Å². The molecule has 0 aromatic heterocycles. The Morgan fingerprint density at radius 2 is 2.07 bits per heavy atom. The number of thioether (sulfide) groups is 1. The van der Waals surface area contributed by atoms with Crippen molar-refractivity contribution in [2.45, 2.75) is 17.1 Å². The van der Waals surface area contributed by atoms with Crippen molar-refractivity contribution in [1.82, 2.24) is 5.43 Å². The Hall–Kier alpha value is -0.520. The fourth-order valence-electron chi connectivity index (χ4n) is 0.888. The van der Waals surface area contributed by atoms with Gasteiger partial charge in [-0.1, -0.05) is 15.9 Å². The van der Waals surface area contributed by atoms with E-state index in [0.717, 1.165) is 9.37 Å². The predicted octanol–water partition coefficient (Wildman–Crippen LogP) is 1.92. The maximum atomic E-state index is 11.1. The van der Waals surface area contributed by atoms with Crippen molar-refractivity contribution in [2.75, 3.05) is 0 Å². The van der Waals surface area contributed by atoms with Gasteiger partial charge < -0.3 is 0 Å². The summed E-state index contributed by atoms with van der Waals surface area (Å²) in [5, 5.41) is -0.179. The summed E-state index contributed by atoms with van der Waals surface area (Å²) in [5.74, 6) is 4.86. The van der Waals surface area contributed by atoms with E-state index in [-0.39, 0.29) is 11.2 Å². The highest BCUT2D eigenvalue weighted by Crippen LogP contribution is 2.24. The fourth-order valence-corrected chi connectivity index (χ4v) is 2.03. The van der Waals surface area contributed by atoms with Crippen LogP contribution < -0.4 is 11.3 Å². The van der Waals surface area contributed by atoms with Gasteiger partial charge in [-0.3, -0.25) is 10.2 Å². The van der Waals surface area contributed by atoms with Gasteiger partial charge in [-0.05, 0) is 31.2 Å². The van der Waals surface area contributed by atoms with Crippen LogP contribution in [0.15, 0.2) is 33.6 Å². The third-order valence-electron chi connectivity index (χ3n) is 1.64. The number of hydrogen-bond acceptors (Lipinski definition) is 3. The zero-order valence-electron chi connectivity index (χ0n) is 7.66. The second-order valence-electron chi connectivity index (χ2n) is 2.72. The van der Waals surface area contributed by atoms with Gasteiger partial charge in [-0.15, -0.1) is 11.8 Å². The van der Waals surface area contributed by atoms with Crippen molar-refractivity contribution >= 4 is 33.6 Å². The smallest absolute Gasteiger partial charge is 0.247 e. The number of nitrogens with one attached hydrogen (secondary N) is 1. The van der Waals surface area contributed by atoms with Crippen LogP contribution in [0.3, 0.4) is 0 Å². The van der Waals surface area contributed by atoms with Gasteiger partial charge in [0.15, 0.2) is 0 Å². The first-order valence-electron chi connectivity index (χ1n) is 4.06. The van der Waals surface area contributed by atoms with Crippen LogP contribution in [0.1, 0.15) is 6.92 Å². The average molecular weight is 275 g/mol. The molecule has 0 saturated heterocycles. The quantitative estimate of drug-likeness (QED) is 0.383. The molecular weight excluding hydrogens is 264 g/mol. The zero-order valence-corrected chi connectivity index (χ0v) is 10.1. The van der Waals surface area contributed by atoms with Crippen molar-refractivity contribution in [3.63, 3.8) is 0 Å². The number of halogens is 1. The number of hydrogen-bond donors (Lipinski definition) is 2.